The largest absolute Gasteiger partial charge is 0.426 e. The van der Waals surface area contributed by atoms with Crippen LogP contribution in [0.1, 0.15) is 12.5 Å². The van der Waals surface area contributed by atoms with E-state index in [1.165, 1.54) is 31.2 Å². The van der Waals surface area contributed by atoms with E-state index in [1.54, 1.807) is 18.2 Å². The van der Waals surface area contributed by atoms with Gasteiger partial charge in [0.15, 0.2) is 0 Å². The van der Waals surface area contributed by atoms with Crippen LogP contribution in [0.3, 0.4) is 0 Å². The standard InChI is InChI=1S/C18H11BrClN3O5/c1-10(24)28-17-5-2-11(7-14(17)19)6-12(9-21)18(25)22-15-4-3-13(20)8-16(15)23(26)27/h2-8H,1H3,(H,22,25). The van der Waals surface area contributed by atoms with E-state index < -0.39 is 22.5 Å². The molecule has 142 valence electrons. The molecule has 0 bridgehead atoms. The molecule has 0 aliphatic carbocycles. The van der Waals surface area contributed by atoms with Crippen molar-refractivity contribution in [1.29, 1.82) is 5.26 Å². The first-order valence-electron chi connectivity index (χ1n) is 7.56. The van der Waals surface area contributed by atoms with Gasteiger partial charge in [0.25, 0.3) is 11.6 Å². The Morgan fingerprint density at radius 3 is 2.61 bits per heavy atom. The van der Waals surface area contributed by atoms with Gasteiger partial charge in [-0.2, -0.15) is 5.26 Å². The third-order valence-electron chi connectivity index (χ3n) is 3.29. The summed E-state index contributed by atoms with van der Waals surface area (Å²) in [6, 6.07) is 10.1. The highest BCUT2D eigenvalue weighted by Crippen LogP contribution is 2.29. The summed E-state index contributed by atoms with van der Waals surface area (Å²) >= 11 is 8.97. The normalized spacial score (nSPS) is 10.7. The smallest absolute Gasteiger partial charge is 0.308 e. The third kappa shape index (κ3) is 5.39. The maximum atomic E-state index is 12.4. The summed E-state index contributed by atoms with van der Waals surface area (Å²) in [5.74, 6) is -1.04. The van der Waals surface area contributed by atoms with Crippen LogP contribution >= 0.6 is 27.5 Å². The van der Waals surface area contributed by atoms with Crippen LogP contribution in [0.2, 0.25) is 5.02 Å². The first kappa shape index (κ1) is 21.1. The number of hydrogen-bond acceptors (Lipinski definition) is 6. The van der Waals surface area contributed by atoms with E-state index >= 15 is 0 Å². The second kappa shape index (κ2) is 9.12. The lowest BCUT2D eigenvalue weighted by Crippen LogP contribution is -2.14. The number of nitro groups is 1. The second-order valence-electron chi connectivity index (χ2n) is 5.33. The van der Waals surface area contributed by atoms with Crippen molar-refractivity contribution in [3.63, 3.8) is 0 Å². The molecule has 0 radical (unpaired) electrons. The fourth-order valence-electron chi connectivity index (χ4n) is 2.11. The molecule has 0 saturated heterocycles. The number of nitrogens with one attached hydrogen (secondary N) is 1. The minimum atomic E-state index is -0.826. The number of carbonyl (C=O) groups is 2. The van der Waals surface area contributed by atoms with Gasteiger partial charge in [-0.15, -0.1) is 0 Å². The number of amides is 1. The average molecular weight is 465 g/mol. The monoisotopic (exact) mass is 463 g/mol. The molecule has 0 heterocycles. The fourth-order valence-corrected chi connectivity index (χ4v) is 2.75. The van der Waals surface area contributed by atoms with E-state index in [2.05, 4.69) is 21.2 Å². The molecule has 0 aromatic heterocycles. The van der Waals surface area contributed by atoms with Gasteiger partial charge in [0.05, 0.1) is 9.40 Å². The van der Waals surface area contributed by atoms with Crippen LogP contribution < -0.4 is 10.1 Å². The van der Waals surface area contributed by atoms with E-state index in [1.807, 2.05) is 0 Å². The SMILES string of the molecule is CC(=O)Oc1ccc(C=C(C#N)C(=O)Nc2ccc(Cl)cc2[N+](=O)[O-])cc1Br. The molecule has 0 fully saturated rings. The van der Waals surface area contributed by atoms with Gasteiger partial charge < -0.3 is 10.1 Å². The van der Waals surface area contributed by atoms with Crippen molar-refractivity contribution in [3.8, 4) is 11.8 Å². The van der Waals surface area contributed by atoms with Gasteiger partial charge in [0, 0.05) is 18.0 Å². The molecule has 28 heavy (non-hydrogen) atoms. The van der Waals surface area contributed by atoms with E-state index in [0.29, 0.717) is 10.0 Å². The van der Waals surface area contributed by atoms with Crippen LogP contribution in [0.4, 0.5) is 11.4 Å². The quantitative estimate of drug-likeness (QED) is 0.174. The van der Waals surface area contributed by atoms with Crippen molar-refractivity contribution < 1.29 is 19.2 Å². The number of nitro benzene ring substituents is 1. The molecule has 2 rings (SSSR count). The zero-order valence-electron chi connectivity index (χ0n) is 14.2. The number of nitrogens with zero attached hydrogens (tertiary/aromatic N) is 2. The first-order valence-corrected chi connectivity index (χ1v) is 8.73. The molecule has 8 nitrogen and oxygen atoms in total. The number of ether oxygens (including phenoxy) is 1. The van der Waals surface area contributed by atoms with Gasteiger partial charge in [-0.1, -0.05) is 17.7 Å². The molecule has 1 amide bonds. The summed E-state index contributed by atoms with van der Waals surface area (Å²) in [6.45, 7) is 1.26. The molecule has 0 saturated carbocycles. The Morgan fingerprint density at radius 2 is 2.04 bits per heavy atom. The Morgan fingerprint density at radius 1 is 1.32 bits per heavy atom. The summed E-state index contributed by atoms with van der Waals surface area (Å²) in [4.78, 5) is 33.8. The van der Waals surface area contributed by atoms with E-state index in [9.17, 15) is 25.0 Å². The molecule has 2 aromatic carbocycles. The van der Waals surface area contributed by atoms with Gasteiger partial charge in [0.2, 0.25) is 0 Å². The van der Waals surface area contributed by atoms with E-state index in [4.69, 9.17) is 16.3 Å². The van der Waals surface area contributed by atoms with Crippen molar-refractivity contribution in [2.75, 3.05) is 5.32 Å². The molecular formula is C18H11BrClN3O5. The van der Waals surface area contributed by atoms with Crippen molar-refractivity contribution in [2.45, 2.75) is 6.92 Å². The zero-order valence-corrected chi connectivity index (χ0v) is 16.6. The molecule has 0 unspecified atom stereocenters. The van der Waals surface area contributed by atoms with Gasteiger partial charge in [0.1, 0.15) is 23.1 Å². The molecule has 0 spiro atoms. The number of rotatable bonds is 5. The Labute approximate surface area is 172 Å². The summed E-state index contributed by atoms with van der Waals surface area (Å²) in [7, 11) is 0. The van der Waals surface area contributed by atoms with Gasteiger partial charge >= 0.3 is 5.97 Å². The fraction of sp³-hybridized carbons (Fsp3) is 0.0556. The van der Waals surface area contributed by atoms with E-state index in [0.717, 1.165) is 6.07 Å². The molecule has 1 N–H and O–H groups in total. The summed E-state index contributed by atoms with van der Waals surface area (Å²) in [5.41, 5.74) is -0.296. The van der Waals surface area contributed by atoms with Crippen LogP contribution in [0.5, 0.6) is 5.75 Å². The van der Waals surface area contributed by atoms with Crippen LogP contribution in [-0.2, 0) is 9.59 Å². The summed E-state index contributed by atoms with van der Waals surface area (Å²) in [6.07, 6.45) is 1.29. The summed E-state index contributed by atoms with van der Waals surface area (Å²) in [5, 5.41) is 22.9. The number of benzene rings is 2. The number of anilines is 1. The topological polar surface area (TPSA) is 122 Å². The average Bonchev–Trinajstić information content (AvgIpc) is 2.62. The lowest BCUT2D eigenvalue weighted by Gasteiger charge is -2.07. The highest BCUT2D eigenvalue weighted by Gasteiger charge is 2.18. The van der Waals surface area contributed by atoms with Crippen molar-refractivity contribution in [2.24, 2.45) is 0 Å². The minimum Gasteiger partial charge on any atom is -0.426 e. The predicted octanol–water partition coefficient (Wildman–Crippen LogP) is 4.48. The molecule has 2 aromatic rings. The number of nitriles is 1. The molecule has 0 aliphatic heterocycles. The van der Waals surface area contributed by atoms with E-state index in [-0.39, 0.29) is 22.0 Å². The second-order valence-corrected chi connectivity index (χ2v) is 6.62. The molecule has 0 aliphatic rings. The highest BCUT2D eigenvalue weighted by atomic mass is 79.9. The molecule has 10 heteroatoms. The van der Waals surface area contributed by atoms with Crippen LogP contribution in [-0.4, -0.2) is 16.8 Å². The number of halogens is 2. The predicted molar refractivity (Wildman–Crippen MR) is 106 cm³/mol. The maximum Gasteiger partial charge on any atom is 0.308 e. The Bertz CT molecular complexity index is 1050. The third-order valence-corrected chi connectivity index (χ3v) is 4.15. The number of carbonyl (C=O) groups excluding carboxylic acids is 2. The van der Waals surface area contributed by atoms with Gasteiger partial charge in [-0.25, -0.2) is 0 Å². The Kier molecular flexibility index (Phi) is 6.87. The summed E-state index contributed by atoms with van der Waals surface area (Å²) < 4.78 is 5.42. The Hall–Kier alpha value is -3.22. The maximum absolute atomic E-state index is 12.4. The zero-order chi connectivity index (χ0) is 20.8. The number of esters is 1. The van der Waals surface area contributed by atoms with Crippen molar-refractivity contribution in [1.82, 2.24) is 0 Å². The van der Waals surface area contributed by atoms with Crippen LogP contribution in [0, 0.1) is 21.4 Å². The molecule has 0 atom stereocenters. The lowest BCUT2D eigenvalue weighted by atomic mass is 10.1. The first-order chi connectivity index (χ1) is 13.2. The number of hydrogen-bond donors (Lipinski definition) is 1. The van der Waals surface area contributed by atoms with Crippen LogP contribution in [0.25, 0.3) is 6.08 Å². The lowest BCUT2D eigenvalue weighted by molar-refractivity contribution is -0.383. The Balaban J connectivity index is 2.29. The van der Waals surface area contributed by atoms with Gasteiger partial charge in [-0.05, 0) is 51.8 Å². The highest BCUT2D eigenvalue weighted by molar-refractivity contribution is 9.10. The minimum absolute atomic E-state index is 0.0908. The van der Waals surface area contributed by atoms with Gasteiger partial charge in [-0.3, -0.25) is 19.7 Å². The van der Waals surface area contributed by atoms with Crippen molar-refractivity contribution >= 4 is 56.9 Å². The van der Waals surface area contributed by atoms with Crippen LogP contribution in [0.15, 0.2) is 46.4 Å². The van der Waals surface area contributed by atoms with Crippen molar-refractivity contribution in [3.05, 3.63) is 67.1 Å². The molecular weight excluding hydrogens is 454 g/mol.